The van der Waals surface area contributed by atoms with Crippen molar-refractivity contribution in [2.75, 3.05) is 12.4 Å². The monoisotopic (exact) mass is 339 g/mol. The van der Waals surface area contributed by atoms with Gasteiger partial charge < -0.3 is 14.8 Å². The van der Waals surface area contributed by atoms with E-state index in [0.717, 1.165) is 0 Å². The lowest BCUT2D eigenvalue weighted by molar-refractivity contribution is -0.122. The van der Waals surface area contributed by atoms with Gasteiger partial charge in [0.15, 0.2) is 17.6 Å². The molecule has 1 atom stereocenters. The van der Waals surface area contributed by atoms with Crippen molar-refractivity contribution in [3.05, 3.63) is 52.5 Å². The summed E-state index contributed by atoms with van der Waals surface area (Å²) in [5.74, 6) is 0.766. The Labute approximate surface area is 138 Å². The van der Waals surface area contributed by atoms with Crippen LogP contribution >= 0.6 is 23.2 Å². The SMILES string of the molecule is COc1ccccc1OC(C)C(=O)Nc1ccc(Cl)c(Cl)c1. The third-order valence-electron chi connectivity index (χ3n) is 2.93. The molecular formula is C16H15Cl2NO3. The number of amides is 1. The van der Waals surface area contributed by atoms with Crippen LogP contribution in [0.5, 0.6) is 11.5 Å². The number of methoxy groups -OCH3 is 1. The second kappa shape index (κ2) is 7.38. The fraction of sp³-hybridized carbons (Fsp3) is 0.188. The molecule has 4 nitrogen and oxygen atoms in total. The van der Waals surface area contributed by atoms with Gasteiger partial charge in [0.2, 0.25) is 0 Å². The van der Waals surface area contributed by atoms with Gasteiger partial charge in [-0.2, -0.15) is 0 Å². The topological polar surface area (TPSA) is 47.6 Å². The zero-order valence-electron chi connectivity index (χ0n) is 12.1. The van der Waals surface area contributed by atoms with Crippen LogP contribution in [-0.4, -0.2) is 19.1 Å². The molecule has 0 heterocycles. The standard InChI is InChI=1S/C16H15Cl2NO3/c1-10(22-15-6-4-3-5-14(15)21-2)16(20)19-11-7-8-12(17)13(18)9-11/h3-10H,1-2H3,(H,19,20). The average Bonchev–Trinajstić information content (AvgIpc) is 2.51. The predicted octanol–water partition coefficient (Wildman–Crippen LogP) is 4.41. The fourth-order valence-electron chi connectivity index (χ4n) is 1.78. The molecule has 1 unspecified atom stereocenters. The fourth-order valence-corrected chi connectivity index (χ4v) is 2.08. The Kier molecular flexibility index (Phi) is 5.52. The van der Waals surface area contributed by atoms with Gasteiger partial charge in [0.1, 0.15) is 0 Å². The molecule has 0 bridgehead atoms. The first-order valence-corrected chi connectivity index (χ1v) is 7.32. The smallest absolute Gasteiger partial charge is 0.265 e. The van der Waals surface area contributed by atoms with Crippen molar-refractivity contribution in [1.82, 2.24) is 0 Å². The summed E-state index contributed by atoms with van der Waals surface area (Å²) in [6.45, 7) is 1.65. The largest absolute Gasteiger partial charge is 0.493 e. The summed E-state index contributed by atoms with van der Waals surface area (Å²) in [6, 6.07) is 12.0. The van der Waals surface area contributed by atoms with Gasteiger partial charge in [-0.3, -0.25) is 4.79 Å². The number of rotatable bonds is 5. The summed E-state index contributed by atoms with van der Waals surface area (Å²) in [7, 11) is 1.54. The normalized spacial score (nSPS) is 11.6. The summed E-state index contributed by atoms with van der Waals surface area (Å²) < 4.78 is 10.8. The highest BCUT2D eigenvalue weighted by Gasteiger charge is 2.17. The van der Waals surface area contributed by atoms with E-state index in [1.54, 1.807) is 50.4 Å². The Morgan fingerprint density at radius 1 is 1.09 bits per heavy atom. The molecule has 0 saturated carbocycles. The number of hydrogen-bond acceptors (Lipinski definition) is 3. The number of para-hydroxylation sites is 2. The molecule has 0 aromatic heterocycles. The van der Waals surface area contributed by atoms with Crippen molar-refractivity contribution < 1.29 is 14.3 Å². The summed E-state index contributed by atoms with van der Waals surface area (Å²) in [5.41, 5.74) is 0.551. The molecule has 0 aliphatic heterocycles. The van der Waals surface area contributed by atoms with Gasteiger partial charge in [0.25, 0.3) is 5.91 Å². The van der Waals surface area contributed by atoms with E-state index < -0.39 is 6.10 Å². The van der Waals surface area contributed by atoms with Crippen LogP contribution in [0.3, 0.4) is 0 Å². The van der Waals surface area contributed by atoms with E-state index >= 15 is 0 Å². The van der Waals surface area contributed by atoms with Crippen molar-refractivity contribution in [1.29, 1.82) is 0 Å². The predicted molar refractivity (Wildman–Crippen MR) is 88.2 cm³/mol. The van der Waals surface area contributed by atoms with Crippen LogP contribution in [0.2, 0.25) is 10.0 Å². The number of anilines is 1. The third kappa shape index (κ3) is 4.06. The zero-order valence-corrected chi connectivity index (χ0v) is 13.6. The first kappa shape index (κ1) is 16.5. The van der Waals surface area contributed by atoms with Gasteiger partial charge in [-0.25, -0.2) is 0 Å². The van der Waals surface area contributed by atoms with Crippen molar-refractivity contribution in [3.63, 3.8) is 0 Å². The van der Waals surface area contributed by atoms with Crippen molar-refractivity contribution in [2.24, 2.45) is 0 Å². The number of nitrogens with one attached hydrogen (secondary N) is 1. The van der Waals surface area contributed by atoms with Gasteiger partial charge in [-0.15, -0.1) is 0 Å². The van der Waals surface area contributed by atoms with Gasteiger partial charge in [0, 0.05) is 5.69 Å². The summed E-state index contributed by atoms with van der Waals surface area (Å²) in [6.07, 6.45) is -0.703. The molecule has 0 fully saturated rings. The molecule has 1 N–H and O–H groups in total. The van der Waals surface area contributed by atoms with Crippen LogP contribution in [0.15, 0.2) is 42.5 Å². The highest BCUT2D eigenvalue weighted by molar-refractivity contribution is 6.42. The quantitative estimate of drug-likeness (QED) is 0.877. The minimum Gasteiger partial charge on any atom is -0.493 e. The molecule has 6 heteroatoms. The molecule has 2 rings (SSSR count). The molecule has 0 spiro atoms. The Morgan fingerprint density at radius 3 is 2.41 bits per heavy atom. The first-order chi connectivity index (χ1) is 10.5. The molecule has 0 radical (unpaired) electrons. The minimum atomic E-state index is -0.703. The van der Waals surface area contributed by atoms with E-state index in [1.807, 2.05) is 6.07 Å². The van der Waals surface area contributed by atoms with Crippen molar-refractivity contribution in [3.8, 4) is 11.5 Å². The summed E-state index contributed by atoms with van der Waals surface area (Å²) in [4.78, 5) is 12.2. The van der Waals surface area contributed by atoms with Gasteiger partial charge >= 0.3 is 0 Å². The molecule has 2 aromatic rings. The lowest BCUT2D eigenvalue weighted by Crippen LogP contribution is -2.30. The molecule has 22 heavy (non-hydrogen) atoms. The van der Waals surface area contributed by atoms with Gasteiger partial charge in [-0.05, 0) is 37.3 Å². The minimum absolute atomic E-state index is 0.302. The maximum atomic E-state index is 12.2. The van der Waals surface area contributed by atoms with E-state index in [0.29, 0.717) is 27.2 Å². The number of hydrogen-bond donors (Lipinski definition) is 1. The van der Waals surface area contributed by atoms with Crippen LogP contribution in [0.4, 0.5) is 5.69 Å². The Balaban J connectivity index is 2.04. The zero-order chi connectivity index (χ0) is 16.1. The van der Waals surface area contributed by atoms with Crippen LogP contribution in [0, 0.1) is 0 Å². The first-order valence-electron chi connectivity index (χ1n) is 6.57. The van der Waals surface area contributed by atoms with E-state index in [-0.39, 0.29) is 5.91 Å². The van der Waals surface area contributed by atoms with Gasteiger partial charge in [-0.1, -0.05) is 35.3 Å². The Bertz CT molecular complexity index is 676. The Hall–Kier alpha value is -1.91. The molecule has 1 amide bonds. The molecule has 0 aliphatic carbocycles. The highest BCUT2D eigenvalue weighted by atomic mass is 35.5. The maximum Gasteiger partial charge on any atom is 0.265 e. The lowest BCUT2D eigenvalue weighted by atomic mass is 10.3. The number of halogens is 2. The number of ether oxygens (including phenoxy) is 2. The number of carbonyl (C=O) groups is 1. The lowest BCUT2D eigenvalue weighted by Gasteiger charge is -2.16. The molecule has 0 aliphatic rings. The summed E-state index contributed by atoms with van der Waals surface area (Å²) in [5, 5.41) is 3.52. The highest BCUT2D eigenvalue weighted by Crippen LogP contribution is 2.28. The number of benzene rings is 2. The maximum absolute atomic E-state index is 12.2. The average molecular weight is 340 g/mol. The molecular weight excluding hydrogens is 325 g/mol. The molecule has 0 saturated heterocycles. The van der Waals surface area contributed by atoms with Crippen LogP contribution < -0.4 is 14.8 Å². The second-order valence-electron chi connectivity index (χ2n) is 4.53. The molecule has 2 aromatic carbocycles. The third-order valence-corrected chi connectivity index (χ3v) is 3.67. The van der Waals surface area contributed by atoms with E-state index in [4.69, 9.17) is 32.7 Å². The van der Waals surface area contributed by atoms with Crippen molar-refractivity contribution >= 4 is 34.8 Å². The van der Waals surface area contributed by atoms with Crippen molar-refractivity contribution in [2.45, 2.75) is 13.0 Å². The van der Waals surface area contributed by atoms with E-state index in [1.165, 1.54) is 0 Å². The van der Waals surface area contributed by atoms with Crippen LogP contribution in [0.1, 0.15) is 6.92 Å². The van der Waals surface area contributed by atoms with Crippen LogP contribution in [-0.2, 0) is 4.79 Å². The van der Waals surface area contributed by atoms with E-state index in [9.17, 15) is 4.79 Å². The Morgan fingerprint density at radius 2 is 1.77 bits per heavy atom. The number of carbonyl (C=O) groups excluding carboxylic acids is 1. The molecule has 116 valence electrons. The van der Waals surface area contributed by atoms with E-state index in [2.05, 4.69) is 5.32 Å². The summed E-state index contributed by atoms with van der Waals surface area (Å²) >= 11 is 11.8. The van der Waals surface area contributed by atoms with Crippen LogP contribution in [0.25, 0.3) is 0 Å². The van der Waals surface area contributed by atoms with Gasteiger partial charge in [0.05, 0.1) is 17.2 Å². The second-order valence-corrected chi connectivity index (χ2v) is 5.34.